The van der Waals surface area contributed by atoms with Crippen molar-refractivity contribution >= 4 is 27.7 Å². The third-order valence-electron chi connectivity index (χ3n) is 6.14. The Morgan fingerprint density at radius 2 is 1.76 bits per heavy atom. The standard InChI is InChI=1S/C22H32BrN3O3/c1-29-16-4-11-24-20(27)17-25-12-14-26(15-13-25)21(28)22(9-2-3-10-22)18-5-7-19(23)8-6-18/h5-8H,2-4,9-17H2,1H3,(H,24,27). The topological polar surface area (TPSA) is 61.9 Å². The van der Waals surface area contributed by atoms with Crippen LogP contribution in [0.2, 0.25) is 0 Å². The van der Waals surface area contributed by atoms with Crippen LogP contribution in [0.15, 0.2) is 28.7 Å². The first kappa shape index (κ1) is 22.2. The lowest BCUT2D eigenvalue weighted by atomic mass is 9.77. The van der Waals surface area contributed by atoms with Gasteiger partial charge in [-0.3, -0.25) is 14.5 Å². The van der Waals surface area contributed by atoms with Crippen molar-refractivity contribution in [1.29, 1.82) is 0 Å². The first-order valence-corrected chi connectivity index (χ1v) is 11.4. The highest BCUT2D eigenvalue weighted by atomic mass is 79.9. The summed E-state index contributed by atoms with van der Waals surface area (Å²) in [5.41, 5.74) is 0.766. The Balaban J connectivity index is 1.53. The number of carbonyl (C=O) groups is 2. The fraction of sp³-hybridized carbons (Fsp3) is 0.636. The van der Waals surface area contributed by atoms with E-state index in [4.69, 9.17) is 4.74 Å². The van der Waals surface area contributed by atoms with Gasteiger partial charge in [0.15, 0.2) is 0 Å². The molecule has 1 N–H and O–H groups in total. The van der Waals surface area contributed by atoms with E-state index in [0.717, 1.165) is 55.2 Å². The lowest BCUT2D eigenvalue weighted by molar-refractivity contribution is -0.139. The van der Waals surface area contributed by atoms with Crippen LogP contribution in [0.4, 0.5) is 0 Å². The van der Waals surface area contributed by atoms with Gasteiger partial charge in [-0.2, -0.15) is 0 Å². The molecule has 0 bridgehead atoms. The average Bonchev–Trinajstić information content (AvgIpc) is 3.23. The second kappa shape index (κ2) is 10.5. The molecule has 1 aliphatic heterocycles. The molecular weight excluding hydrogens is 434 g/mol. The second-order valence-corrected chi connectivity index (χ2v) is 8.98. The highest BCUT2D eigenvalue weighted by Gasteiger charge is 2.45. The van der Waals surface area contributed by atoms with Crippen LogP contribution in [-0.4, -0.2) is 74.6 Å². The van der Waals surface area contributed by atoms with Gasteiger partial charge < -0.3 is 15.0 Å². The van der Waals surface area contributed by atoms with Gasteiger partial charge in [0.1, 0.15) is 0 Å². The van der Waals surface area contributed by atoms with Gasteiger partial charge in [-0.15, -0.1) is 0 Å². The average molecular weight is 466 g/mol. The molecule has 1 aromatic carbocycles. The van der Waals surface area contributed by atoms with Crippen molar-refractivity contribution in [2.24, 2.45) is 0 Å². The molecule has 0 aromatic heterocycles. The molecule has 1 aromatic rings. The molecule has 0 unspecified atom stereocenters. The predicted octanol–water partition coefficient (Wildman–Crippen LogP) is 2.56. The summed E-state index contributed by atoms with van der Waals surface area (Å²) < 4.78 is 6.03. The van der Waals surface area contributed by atoms with Crippen molar-refractivity contribution in [3.63, 3.8) is 0 Å². The minimum atomic E-state index is -0.373. The van der Waals surface area contributed by atoms with Gasteiger partial charge in [0.2, 0.25) is 11.8 Å². The zero-order valence-electron chi connectivity index (χ0n) is 17.3. The van der Waals surface area contributed by atoms with Crippen molar-refractivity contribution in [3.05, 3.63) is 34.3 Å². The number of ether oxygens (including phenoxy) is 1. The van der Waals surface area contributed by atoms with E-state index < -0.39 is 0 Å². The lowest BCUT2D eigenvalue weighted by Crippen LogP contribution is -2.55. The normalized spacial score (nSPS) is 19.3. The van der Waals surface area contributed by atoms with Gasteiger partial charge in [0.25, 0.3) is 0 Å². The van der Waals surface area contributed by atoms with Gasteiger partial charge >= 0.3 is 0 Å². The molecule has 0 radical (unpaired) electrons. The first-order valence-electron chi connectivity index (χ1n) is 10.6. The zero-order valence-corrected chi connectivity index (χ0v) is 18.9. The number of halogens is 1. The number of methoxy groups -OCH3 is 1. The smallest absolute Gasteiger partial charge is 0.234 e. The van der Waals surface area contributed by atoms with E-state index >= 15 is 0 Å². The van der Waals surface area contributed by atoms with E-state index in [9.17, 15) is 9.59 Å². The van der Waals surface area contributed by atoms with Crippen LogP contribution >= 0.6 is 15.9 Å². The molecule has 1 saturated carbocycles. The molecule has 2 amide bonds. The number of hydrogen-bond donors (Lipinski definition) is 1. The van der Waals surface area contributed by atoms with Crippen LogP contribution in [0.5, 0.6) is 0 Å². The molecule has 3 rings (SSSR count). The number of nitrogens with zero attached hydrogens (tertiary/aromatic N) is 2. The minimum Gasteiger partial charge on any atom is -0.385 e. The Morgan fingerprint density at radius 3 is 2.38 bits per heavy atom. The quantitative estimate of drug-likeness (QED) is 0.599. The number of hydrogen-bond acceptors (Lipinski definition) is 4. The molecule has 29 heavy (non-hydrogen) atoms. The van der Waals surface area contributed by atoms with Gasteiger partial charge in [0, 0.05) is 50.9 Å². The summed E-state index contributed by atoms with van der Waals surface area (Å²) in [5, 5.41) is 2.93. The van der Waals surface area contributed by atoms with Crippen molar-refractivity contribution < 1.29 is 14.3 Å². The Kier molecular flexibility index (Phi) is 8.09. The summed E-state index contributed by atoms with van der Waals surface area (Å²) in [6.45, 7) is 4.55. The van der Waals surface area contributed by atoms with Crippen molar-refractivity contribution in [3.8, 4) is 0 Å². The number of piperazine rings is 1. The van der Waals surface area contributed by atoms with E-state index in [-0.39, 0.29) is 17.2 Å². The summed E-state index contributed by atoms with van der Waals surface area (Å²) in [7, 11) is 1.66. The maximum Gasteiger partial charge on any atom is 0.234 e. The van der Waals surface area contributed by atoms with E-state index in [2.05, 4.69) is 38.3 Å². The molecule has 0 atom stereocenters. The maximum absolute atomic E-state index is 13.5. The number of amides is 2. The van der Waals surface area contributed by atoms with Crippen molar-refractivity contribution in [2.45, 2.75) is 37.5 Å². The van der Waals surface area contributed by atoms with Gasteiger partial charge in [-0.25, -0.2) is 0 Å². The zero-order chi connectivity index (χ0) is 20.7. The summed E-state index contributed by atoms with van der Waals surface area (Å²) >= 11 is 3.50. The Morgan fingerprint density at radius 1 is 1.10 bits per heavy atom. The van der Waals surface area contributed by atoms with Crippen molar-refractivity contribution in [2.75, 3.05) is 53.0 Å². The molecule has 0 spiro atoms. The van der Waals surface area contributed by atoms with E-state index in [1.165, 1.54) is 0 Å². The molecule has 160 valence electrons. The van der Waals surface area contributed by atoms with Gasteiger partial charge in [-0.05, 0) is 37.0 Å². The molecule has 2 fully saturated rings. The van der Waals surface area contributed by atoms with Gasteiger partial charge in [-0.1, -0.05) is 40.9 Å². The summed E-state index contributed by atoms with van der Waals surface area (Å²) in [4.78, 5) is 29.8. The molecule has 7 heteroatoms. The molecule has 1 saturated heterocycles. The number of rotatable bonds is 8. The largest absolute Gasteiger partial charge is 0.385 e. The van der Waals surface area contributed by atoms with Crippen molar-refractivity contribution in [1.82, 2.24) is 15.1 Å². The molecular formula is C22H32BrN3O3. The summed E-state index contributed by atoms with van der Waals surface area (Å²) in [6, 6.07) is 8.26. The summed E-state index contributed by atoms with van der Waals surface area (Å²) in [5.74, 6) is 0.309. The van der Waals surface area contributed by atoms with Crippen LogP contribution in [0.25, 0.3) is 0 Å². The third-order valence-corrected chi connectivity index (χ3v) is 6.67. The maximum atomic E-state index is 13.5. The minimum absolute atomic E-state index is 0.0444. The van der Waals surface area contributed by atoms with E-state index in [1.54, 1.807) is 7.11 Å². The Labute approximate surface area is 182 Å². The second-order valence-electron chi connectivity index (χ2n) is 8.06. The fourth-order valence-electron chi connectivity index (χ4n) is 4.49. The van der Waals surface area contributed by atoms with E-state index in [0.29, 0.717) is 32.8 Å². The molecule has 2 aliphatic rings. The van der Waals surface area contributed by atoms with Crippen LogP contribution in [0, 0.1) is 0 Å². The highest BCUT2D eigenvalue weighted by Crippen LogP contribution is 2.43. The van der Waals surface area contributed by atoms with Crippen LogP contribution in [0.3, 0.4) is 0 Å². The highest BCUT2D eigenvalue weighted by molar-refractivity contribution is 9.10. The van der Waals surface area contributed by atoms with Crippen LogP contribution < -0.4 is 5.32 Å². The Hall–Kier alpha value is -1.44. The fourth-order valence-corrected chi connectivity index (χ4v) is 4.75. The monoisotopic (exact) mass is 465 g/mol. The lowest BCUT2D eigenvalue weighted by Gasteiger charge is -2.40. The third kappa shape index (κ3) is 5.58. The molecule has 6 nitrogen and oxygen atoms in total. The number of carbonyl (C=O) groups excluding carboxylic acids is 2. The van der Waals surface area contributed by atoms with E-state index in [1.807, 2.05) is 17.0 Å². The van der Waals surface area contributed by atoms with Crippen LogP contribution in [-0.2, 0) is 19.7 Å². The van der Waals surface area contributed by atoms with Crippen LogP contribution in [0.1, 0.15) is 37.7 Å². The van der Waals surface area contributed by atoms with Gasteiger partial charge in [0.05, 0.1) is 12.0 Å². The Bertz CT molecular complexity index is 681. The molecule has 1 heterocycles. The number of nitrogens with one attached hydrogen (secondary N) is 1. The SMILES string of the molecule is COCCCNC(=O)CN1CCN(C(=O)C2(c3ccc(Br)cc3)CCCC2)CC1. The molecule has 1 aliphatic carbocycles. The summed E-state index contributed by atoms with van der Waals surface area (Å²) in [6.07, 6.45) is 4.88. The first-order chi connectivity index (χ1) is 14.0. The predicted molar refractivity (Wildman–Crippen MR) is 117 cm³/mol. The number of benzene rings is 1.